The number of rotatable bonds is 2. The number of aromatic nitrogens is 4. The molecular formula is C8H8N4O. The van der Waals surface area contributed by atoms with Crippen molar-refractivity contribution in [2.45, 2.75) is 6.61 Å². The van der Waals surface area contributed by atoms with Crippen molar-refractivity contribution in [1.29, 1.82) is 0 Å². The Bertz CT molecular complexity index is 368. The number of aliphatic hydroxyl groups is 1. The topological polar surface area (TPSA) is 63.8 Å². The molecule has 0 saturated heterocycles. The average Bonchev–Trinajstić information content (AvgIpc) is 2.71. The second kappa shape index (κ2) is 3.32. The Balaban J connectivity index is 2.33. The van der Waals surface area contributed by atoms with Crippen LogP contribution in [0.5, 0.6) is 0 Å². The smallest absolute Gasteiger partial charge is 0.171 e. The summed E-state index contributed by atoms with van der Waals surface area (Å²) in [6.45, 7) is -0.0909. The van der Waals surface area contributed by atoms with Crippen molar-refractivity contribution in [2.75, 3.05) is 0 Å². The maximum atomic E-state index is 8.73. The predicted molar refractivity (Wildman–Crippen MR) is 45.1 cm³/mol. The highest BCUT2D eigenvalue weighted by molar-refractivity contribution is 5.16. The molecule has 0 fully saturated rings. The Morgan fingerprint density at radius 3 is 2.77 bits per heavy atom. The molecule has 5 heteroatoms. The van der Waals surface area contributed by atoms with Crippen molar-refractivity contribution in [3.8, 4) is 5.82 Å². The lowest BCUT2D eigenvalue weighted by atomic mass is 10.5. The van der Waals surface area contributed by atoms with Crippen LogP contribution in [0.3, 0.4) is 0 Å². The van der Waals surface area contributed by atoms with E-state index in [2.05, 4.69) is 15.1 Å². The first-order valence-corrected chi connectivity index (χ1v) is 3.82. The molecule has 0 aliphatic heterocycles. The van der Waals surface area contributed by atoms with E-state index >= 15 is 0 Å². The van der Waals surface area contributed by atoms with E-state index in [-0.39, 0.29) is 6.61 Å². The highest BCUT2D eigenvalue weighted by Crippen LogP contribution is 2.00. The van der Waals surface area contributed by atoms with Gasteiger partial charge >= 0.3 is 0 Å². The molecule has 0 unspecified atom stereocenters. The van der Waals surface area contributed by atoms with E-state index in [1.807, 2.05) is 6.07 Å². The molecule has 0 aliphatic rings. The normalized spacial score (nSPS) is 10.2. The Labute approximate surface area is 74.7 Å². The van der Waals surface area contributed by atoms with Gasteiger partial charge in [0.1, 0.15) is 0 Å². The van der Waals surface area contributed by atoms with Gasteiger partial charge in [-0.15, -0.1) is 0 Å². The van der Waals surface area contributed by atoms with Crippen LogP contribution in [0.4, 0.5) is 0 Å². The zero-order valence-corrected chi connectivity index (χ0v) is 6.83. The zero-order chi connectivity index (χ0) is 9.10. The second-order valence-corrected chi connectivity index (χ2v) is 2.47. The fourth-order valence-electron chi connectivity index (χ4n) is 0.952. The summed E-state index contributed by atoms with van der Waals surface area (Å²) in [5.41, 5.74) is 0.552. The lowest BCUT2D eigenvalue weighted by Gasteiger charge is -1.99. The molecule has 1 N–H and O–H groups in total. The van der Waals surface area contributed by atoms with Crippen LogP contribution in [0.15, 0.2) is 30.9 Å². The molecule has 0 saturated carbocycles. The van der Waals surface area contributed by atoms with E-state index in [1.165, 1.54) is 6.20 Å². The third kappa shape index (κ3) is 1.54. The van der Waals surface area contributed by atoms with E-state index in [0.29, 0.717) is 11.5 Å². The fraction of sp³-hybridized carbons (Fsp3) is 0.125. The van der Waals surface area contributed by atoms with Crippen LogP contribution in [0, 0.1) is 0 Å². The van der Waals surface area contributed by atoms with E-state index in [9.17, 15) is 0 Å². The summed E-state index contributed by atoms with van der Waals surface area (Å²) in [4.78, 5) is 8.05. The van der Waals surface area contributed by atoms with Crippen LogP contribution in [0.2, 0.25) is 0 Å². The summed E-state index contributed by atoms with van der Waals surface area (Å²) < 4.78 is 1.61. The first-order chi connectivity index (χ1) is 6.40. The molecular weight excluding hydrogens is 168 g/mol. The summed E-state index contributed by atoms with van der Waals surface area (Å²) in [7, 11) is 0. The van der Waals surface area contributed by atoms with Crippen LogP contribution in [-0.2, 0) is 6.61 Å². The van der Waals surface area contributed by atoms with Crippen molar-refractivity contribution in [3.63, 3.8) is 0 Å². The van der Waals surface area contributed by atoms with Crippen molar-refractivity contribution >= 4 is 0 Å². The summed E-state index contributed by atoms with van der Waals surface area (Å²) in [6, 6.07) is 1.81. The molecule has 66 valence electrons. The van der Waals surface area contributed by atoms with Gasteiger partial charge in [-0.3, -0.25) is 4.98 Å². The van der Waals surface area contributed by atoms with Crippen molar-refractivity contribution in [1.82, 2.24) is 19.7 Å². The maximum absolute atomic E-state index is 8.73. The minimum absolute atomic E-state index is 0.0909. The first kappa shape index (κ1) is 7.88. The van der Waals surface area contributed by atoms with Gasteiger partial charge in [0.15, 0.2) is 5.82 Å². The maximum Gasteiger partial charge on any atom is 0.171 e. The molecule has 0 radical (unpaired) electrons. The van der Waals surface area contributed by atoms with Gasteiger partial charge in [0.05, 0.1) is 24.7 Å². The van der Waals surface area contributed by atoms with E-state index in [4.69, 9.17) is 5.11 Å². The van der Waals surface area contributed by atoms with Crippen LogP contribution in [0.1, 0.15) is 5.69 Å². The molecule has 0 aliphatic carbocycles. The number of nitrogens with zero attached hydrogens (tertiary/aromatic N) is 4. The number of hydrogen-bond acceptors (Lipinski definition) is 4. The molecule has 2 aromatic heterocycles. The molecule has 0 amide bonds. The number of aliphatic hydroxyl groups excluding tert-OH is 1. The molecule has 5 nitrogen and oxygen atoms in total. The minimum atomic E-state index is -0.0909. The number of hydrogen-bond donors (Lipinski definition) is 1. The molecule has 2 rings (SSSR count). The van der Waals surface area contributed by atoms with Gasteiger partial charge in [0.2, 0.25) is 0 Å². The van der Waals surface area contributed by atoms with Crippen LogP contribution in [-0.4, -0.2) is 24.9 Å². The van der Waals surface area contributed by atoms with Gasteiger partial charge in [-0.25, -0.2) is 9.67 Å². The van der Waals surface area contributed by atoms with Crippen molar-refractivity contribution in [2.24, 2.45) is 0 Å². The standard InChI is InChI=1S/C8H8N4O/c13-6-7-4-10-8(5-9-7)12-3-1-2-11-12/h1-5,13H,6H2. The molecule has 2 aromatic rings. The van der Waals surface area contributed by atoms with Gasteiger partial charge in [-0.2, -0.15) is 5.10 Å². The van der Waals surface area contributed by atoms with Gasteiger partial charge in [-0.05, 0) is 6.07 Å². The van der Waals surface area contributed by atoms with Crippen molar-refractivity contribution < 1.29 is 5.11 Å². The minimum Gasteiger partial charge on any atom is -0.390 e. The summed E-state index contributed by atoms with van der Waals surface area (Å²) >= 11 is 0. The molecule has 0 atom stereocenters. The third-order valence-electron chi connectivity index (χ3n) is 1.59. The quantitative estimate of drug-likeness (QED) is 0.707. The molecule has 0 spiro atoms. The zero-order valence-electron chi connectivity index (χ0n) is 6.83. The molecule has 2 heterocycles. The Hall–Kier alpha value is -1.75. The monoisotopic (exact) mass is 176 g/mol. The Morgan fingerprint density at radius 2 is 2.23 bits per heavy atom. The second-order valence-electron chi connectivity index (χ2n) is 2.47. The van der Waals surface area contributed by atoms with Crippen LogP contribution >= 0.6 is 0 Å². The van der Waals surface area contributed by atoms with Crippen LogP contribution < -0.4 is 0 Å². The molecule has 0 bridgehead atoms. The fourth-order valence-corrected chi connectivity index (χ4v) is 0.952. The molecule has 0 aromatic carbocycles. The van der Waals surface area contributed by atoms with Crippen molar-refractivity contribution in [3.05, 3.63) is 36.5 Å². The van der Waals surface area contributed by atoms with Gasteiger partial charge in [0.25, 0.3) is 0 Å². The van der Waals surface area contributed by atoms with E-state index in [1.54, 1.807) is 23.3 Å². The van der Waals surface area contributed by atoms with Gasteiger partial charge < -0.3 is 5.11 Å². The molecule has 13 heavy (non-hydrogen) atoms. The van der Waals surface area contributed by atoms with Gasteiger partial charge in [-0.1, -0.05) is 0 Å². The first-order valence-electron chi connectivity index (χ1n) is 3.82. The highest BCUT2D eigenvalue weighted by atomic mass is 16.3. The van der Waals surface area contributed by atoms with Gasteiger partial charge in [0, 0.05) is 12.4 Å². The summed E-state index contributed by atoms with van der Waals surface area (Å²) in [5.74, 6) is 0.641. The summed E-state index contributed by atoms with van der Waals surface area (Å²) in [5, 5.41) is 12.7. The highest BCUT2D eigenvalue weighted by Gasteiger charge is 1.97. The Kier molecular flexibility index (Phi) is 2.01. The lowest BCUT2D eigenvalue weighted by molar-refractivity contribution is 0.276. The van der Waals surface area contributed by atoms with E-state index in [0.717, 1.165) is 0 Å². The Morgan fingerprint density at radius 1 is 1.31 bits per heavy atom. The SMILES string of the molecule is OCc1cnc(-n2cccn2)cn1. The average molecular weight is 176 g/mol. The van der Waals surface area contributed by atoms with Crippen LogP contribution in [0.25, 0.3) is 5.82 Å². The largest absolute Gasteiger partial charge is 0.390 e. The third-order valence-corrected chi connectivity index (χ3v) is 1.59. The lowest BCUT2D eigenvalue weighted by Crippen LogP contribution is -2.00. The van der Waals surface area contributed by atoms with E-state index < -0.39 is 0 Å². The summed E-state index contributed by atoms with van der Waals surface area (Å²) in [6.07, 6.45) is 6.54. The predicted octanol–water partition coefficient (Wildman–Crippen LogP) is 0.155.